The van der Waals surface area contributed by atoms with Gasteiger partial charge in [0.1, 0.15) is 16.5 Å². The zero-order chi connectivity index (χ0) is 16.6. The molecule has 118 valence electrons. The third kappa shape index (κ3) is 2.68. The fourth-order valence-corrected chi connectivity index (χ4v) is 3.36. The number of halogens is 1. The molecule has 0 atom stereocenters. The molecule has 0 aliphatic carbocycles. The van der Waals surface area contributed by atoms with Crippen LogP contribution < -0.4 is 5.32 Å². The van der Waals surface area contributed by atoms with Gasteiger partial charge in [-0.3, -0.25) is 4.79 Å². The molecule has 8 heteroatoms. The Morgan fingerprint density at radius 1 is 1.43 bits per heavy atom. The van der Waals surface area contributed by atoms with Gasteiger partial charge in [0.2, 0.25) is 0 Å². The number of hydrogen-bond donors (Lipinski definition) is 2. The van der Waals surface area contributed by atoms with Gasteiger partial charge in [0.25, 0.3) is 5.91 Å². The lowest BCUT2D eigenvalue weighted by Crippen LogP contribution is -2.24. The van der Waals surface area contributed by atoms with Gasteiger partial charge < -0.3 is 14.8 Å². The Morgan fingerprint density at radius 3 is 2.87 bits per heavy atom. The largest absolute Gasteiger partial charge is 0.477 e. The summed E-state index contributed by atoms with van der Waals surface area (Å²) in [5, 5.41) is 12.1. The third-order valence-corrected chi connectivity index (χ3v) is 4.53. The van der Waals surface area contributed by atoms with Gasteiger partial charge in [-0.15, -0.1) is 11.3 Å². The number of carbonyl (C=O) groups excluding carboxylic acids is 1. The number of oxazole rings is 1. The molecule has 1 aromatic carbocycles. The molecule has 0 aliphatic rings. The van der Waals surface area contributed by atoms with Gasteiger partial charge in [0.15, 0.2) is 12.1 Å². The highest BCUT2D eigenvalue weighted by atomic mass is 32.1. The number of carboxylic acid groups (broad SMARTS) is 1. The standard InChI is InChI=1S/C15H11FN2O4S/c1-7-12(18-6-22-7)14(19)17-5-8-11-9(16)3-2-4-10(11)23-13(8)15(20)21/h2-4,6H,5H2,1H3,(H,17,19)(H,20,21). The molecular formula is C15H11FN2O4S. The molecular weight excluding hydrogens is 323 g/mol. The first-order valence-corrected chi connectivity index (χ1v) is 7.42. The first-order valence-electron chi connectivity index (χ1n) is 6.60. The lowest BCUT2D eigenvalue weighted by atomic mass is 10.1. The number of carbonyl (C=O) groups is 2. The topological polar surface area (TPSA) is 92.4 Å². The van der Waals surface area contributed by atoms with E-state index in [9.17, 15) is 19.1 Å². The summed E-state index contributed by atoms with van der Waals surface area (Å²) in [6, 6.07) is 4.41. The van der Waals surface area contributed by atoms with Crippen molar-refractivity contribution in [2.45, 2.75) is 13.5 Å². The van der Waals surface area contributed by atoms with Crippen molar-refractivity contribution >= 4 is 33.3 Å². The minimum atomic E-state index is -1.16. The Labute approximate surface area is 133 Å². The number of nitrogens with zero attached hydrogens (tertiary/aromatic N) is 1. The number of amides is 1. The van der Waals surface area contributed by atoms with Crippen molar-refractivity contribution in [2.24, 2.45) is 0 Å². The molecule has 0 saturated heterocycles. The number of hydrogen-bond acceptors (Lipinski definition) is 5. The SMILES string of the molecule is Cc1ocnc1C(=O)NCc1c(C(=O)O)sc2cccc(F)c12. The van der Waals surface area contributed by atoms with Crippen molar-refractivity contribution in [3.63, 3.8) is 0 Å². The molecule has 0 fully saturated rings. The van der Waals surface area contributed by atoms with Crippen LogP contribution in [0.3, 0.4) is 0 Å². The van der Waals surface area contributed by atoms with Gasteiger partial charge in [0.05, 0.1) is 0 Å². The average molecular weight is 334 g/mol. The minimum absolute atomic E-state index is 0.00211. The molecule has 0 aliphatic heterocycles. The summed E-state index contributed by atoms with van der Waals surface area (Å²) in [6.07, 6.45) is 1.15. The highest BCUT2D eigenvalue weighted by Gasteiger charge is 2.21. The molecule has 0 radical (unpaired) electrons. The molecule has 2 N–H and O–H groups in total. The molecule has 0 bridgehead atoms. The Kier molecular flexibility index (Phi) is 3.83. The van der Waals surface area contributed by atoms with Gasteiger partial charge in [-0.05, 0) is 19.1 Å². The Morgan fingerprint density at radius 2 is 2.22 bits per heavy atom. The lowest BCUT2D eigenvalue weighted by Gasteiger charge is -2.05. The highest BCUT2D eigenvalue weighted by Crippen LogP contribution is 2.33. The van der Waals surface area contributed by atoms with E-state index >= 15 is 0 Å². The smallest absolute Gasteiger partial charge is 0.346 e. The van der Waals surface area contributed by atoms with Crippen LogP contribution in [-0.2, 0) is 6.54 Å². The van der Waals surface area contributed by atoms with Crippen molar-refractivity contribution in [2.75, 3.05) is 0 Å². The number of aromatic nitrogens is 1. The van der Waals surface area contributed by atoms with Gasteiger partial charge in [-0.1, -0.05) is 6.07 Å². The van der Waals surface area contributed by atoms with E-state index in [4.69, 9.17) is 4.42 Å². The maximum absolute atomic E-state index is 14.1. The fourth-order valence-electron chi connectivity index (χ4n) is 2.28. The molecule has 1 amide bonds. The van der Waals surface area contributed by atoms with Crippen LogP contribution in [0.25, 0.3) is 10.1 Å². The van der Waals surface area contributed by atoms with Gasteiger partial charge in [0, 0.05) is 22.2 Å². The first kappa shape index (κ1) is 15.2. The maximum atomic E-state index is 14.1. The summed E-state index contributed by atoms with van der Waals surface area (Å²) in [5.41, 5.74) is 0.354. The average Bonchev–Trinajstić information content (AvgIpc) is 3.09. The maximum Gasteiger partial charge on any atom is 0.346 e. The Hall–Kier alpha value is -2.74. The molecule has 3 aromatic rings. The molecule has 0 spiro atoms. The molecule has 0 saturated carbocycles. The number of fused-ring (bicyclic) bond motifs is 1. The van der Waals surface area contributed by atoms with E-state index in [-0.39, 0.29) is 28.1 Å². The number of benzene rings is 1. The van der Waals surface area contributed by atoms with E-state index < -0.39 is 17.7 Å². The molecule has 2 aromatic heterocycles. The van der Waals surface area contributed by atoms with E-state index in [0.29, 0.717) is 10.5 Å². The van der Waals surface area contributed by atoms with Gasteiger partial charge >= 0.3 is 5.97 Å². The molecule has 3 rings (SSSR count). The second-order valence-corrected chi connectivity index (χ2v) is 5.82. The summed E-state index contributed by atoms with van der Waals surface area (Å²) in [5.74, 6) is -1.84. The first-order chi connectivity index (χ1) is 11.0. The highest BCUT2D eigenvalue weighted by molar-refractivity contribution is 7.21. The van der Waals surface area contributed by atoms with Crippen LogP contribution in [0.5, 0.6) is 0 Å². The van der Waals surface area contributed by atoms with Crippen molar-refractivity contribution in [1.82, 2.24) is 10.3 Å². The quantitative estimate of drug-likeness (QED) is 0.765. The molecule has 6 nitrogen and oxygen atoms in total. The third-order valence-electron chi connectivity index (χ3n) is 3.34. The number of nitrogens with one attached hydrogen (secondary N) is 1. The molecule has 2 heterocycles. The zero-order valence-corrected chi connectivity index (χ0v) is 12.7. The van der Waals surface area contributed by atoms with Crippen molar-refractivity contribution in [1.29, 1.82) is 0 Å². The number of aryl methyl sites for hydroxylation is 1. The predicted octanol–water partition coefficient (Wildman–Crippen LogP) is 2.97. The zero-order valence-electron chi connectivity index (χ0n) is 11.9. The van der Waals surface area contributed by atoms with E-state index in [2.05, 4.69) is 10.3 Å². The van der Waals surface area contributed by atoms with Crippen LogP contribution in [0.2, 0.25) is 0 Å². The van der Waals surface area contributed by atoms with Crippen molar-refractivity contribution in [3.05, 3.63) is 52.3 Å². The van der Waals surface area contributed by atoms with Crippen LogP contribution in [0.15, 0.2) is 29.0 Å². The van der Waals surface area contributed by atoms with E-state index in [1.54, 1.807) is 13.0 Å². The summed E-state index contributed by atoms with van der Waals surface area (Å²) in [6.45, 7) is 1.47. The molecule has 0 unspecified atom stereocenters. The van der Waals surface area contributed by atoms with Crippen molar-refractivity contribution < 1.29 is 23.5 Å². The van der Waals surface area contributed by atoms with Gasteiger partial charge in [-0.2, -0.15) is 0 Å². The lowest BCUT2D eigenvalue weighted by molar-refractivity contribution is 0.0700. The fraction of sp³-hybridized carbons (Fsp3) is 0.133. The normalized spacial score (nSPS) is 10.9. The summed E-state index contributed by atoms with van der Waals surface area (Å²) >= 11 is 0.973. The number of rotatable bonds is 4. The number of aromatic carboxylic acids is 1. The van der Waals surface area contributed by atoms with E-state index in [1.165, 1.54) is 12.1 Å². The second kappa shape index (κ2) is 5.81. The van der Waals surface area contributed by atoms with Crippen LogP contribution in [0.1, 0.15) is 31.5 Å². The molecule has 23 heavy (non-hydrogen) atoms. The Balaban J connectivity index is 1.96. The number of carboxylic acids is 1. The van der Waals surface area contributed by atoms with Crippen LogP contribution in [0, 0.1) is 12.7 Å². The van der Waals surface area contributed by atoms with Crippen molar-refractivity contribution in [3.8, 4) is 0 Å². The minimum Gasteiger partial charge on any atom is -0.477 e. The predicted molar refractivity (Wildman–Crippen MR) is 81.2 cm³/mol. The van der Waals surface area contributed by atoms with Crippen LogP contribution in [-0.4, -0.2) is 22.0 Å². The number of thiophene rings is 1. The summed E-state index contributed by atoms with van der Waals surface area (Å²) in [4.78, 5) is 27.2. The van der Waals surface area contributed by atoms with Crippen LogP contribution >= 0.6 is 11.3 Å². The van der Waals surface area contributed by atoms with Crippen LogP contribution in [0.4, 0.5) is 4.39 Å². The monoisotopic (exact) mass is 334 g/mol. The Bertz CT molecular complexity index is 915. The van der Waals surface area contributed by atoms with Gasteiger partial charge in [-0.25, -0.2) is 14.2 Å². The summed E-state index contributed by atoms with van der Waals surface area (Å²) in [7, 11) is 0. The van der Waals surface area contributed by atoms with E-state index in [0.717, 1.165) is 17.7 Å². The summed E-state index contributed by atoms with van der Waals surface area (Å²) < 4.78 is 19.5. The second-order valence-electron chi connectivity index (χ2n) is 4.77. The van der Waals surface area contributed by atoms with E-state index in [1.807, 2.05) is 0 Å².